The molecule has 1 aromatic heterocycles. The van der Waals surface area contributed by atoms with Gasteiger partial charge in [0.15, 0.2) is 5.60 Å². The van der Waals surface area contributed by atoms with Gasteiger partial charge in [-0.15, -0.1) is 0 Å². The van der Waals surface area contributed by atoms with Gasteiger partial charge in [0.05, 0.1) is 11.2 Å². The number of benzene rings is 2. The van der Waals surface area contributed by atoms with Gasteiger partial charge in [-0.25, -0.2) is 4.39 Å². The summed E-state index contributed by atoms with van der Waals surface area (Å²) in [4.78, 5) is 11.1. The molecule has 0 bridgehead atoms. The van der Waals surface area contributed by atoms with E-state index in [0.717, 1.165) is 46.3 Å². The molecule has 0 radical (unpaired) electrons. The van der Waals surface area contributed by atoms with Gasteiger partial charge >= 0.3 is 0 Å². The highest BCUT2D eigenvalue weighted by Gasteiger charge is 2.50. The van der Waals surface area contributed by atoms with Crippen LogP contribution in [0.2, 0.25) is 0 Å². The summed E-state index contributed by atoms with van der Waals surface area (Å²) in [6.07, 6.45) is 2.47. The molecule has 3 nitrogen and oxygen atoms in total. The maximum atomic E-state index is 13.3. The highest BCUT2D eigenvalue weighted by molar-refractivity contribution is 6.01. The normalized spacial score (nSPS) is 23.1. The molecule has 1 aliphatic heterocycles. The van der Waals surface area contributed by atoms with Crippen molar-refractivity contribution in [3.05, 3.63) is 77.2 Å². The predicted octanol–water partition coefficient (Wildman–Crippen LogP) is 5.37. The zero-order valence-electron chi connectivity index (χ0n) is 15.5. The summed E-state index contributed by atoms with van der Waals surface area (Å²) in [7, 11) is 0. The molecule has 0 N–H and O–H groups in total. The van der Waals surface area contributed by atoms with E-state index in [9.17, 15) is 4.39 Å². The summed E-state index contributed by atoms with van der Waals surface area (Å²) >= 11 is 0. The lowest BCUT2D eigenvalue weighted by molar-refractivity contribution is -0.0631. The van der Waals surface area contributed by atoms with Gasteiger partial charge < -0.3 is 4.84 Å². The van der Waals surface area contributed by atoms with Crippen molar-refractivity contribution in [3.63, 3.8) is 0 Å². The number of oxime groups is 1. The highest BCUT2D eigenvalue weighted by atomic mass is 19.1. The number of pyridine rings is 1. The van der Waals surface area contributed by atoms with Crippen LogP contribution in [-0.2, 0) is 16.9 Å². The van der Waals surface area contributed by atoms with E-state index in [2.05, 4.69) is 37.2 Å². The summed E-state index contributed by atoms with van der Waals surface area (Å²) < 4.78 is 13.3. The molecule has 0 amide bonds. The molecule has 0 saturated carbocycles. The lowest BCUT2D eigenvalue weighted by Gasteiger charge is -2.41. The van der Waals surface area contributed by atoms with Crippen molar-refractivity contribution in [2.75, 3.05) is 0 Å². The van der Waals surface area contributed by atoms with Crippen LogP contribution in [-0.4, -0.2) is 10.7 Å². The fourth-order valence-electron chi connectivity index (χ4n) is 4.58. The van der Waals surface area contributed by atoms with Crippen LogP contribution >= 0.6 is 0 Å². The summed E-state index contributed by atoms with van der Waals surface area (Å²) in [5.41, 5.74) is 4.59. The lowest BCUT2D eigenvalue weighted by atomic mass is 9.66. The van der Waals surface area contributed by atoms with Gasteiger partial charge in [0.1, 0.15) is 5.82 Å². The van der Waals surface area contributed by atoms with E-state index in [1.165, 1.54) is 12.1 Å². The largest absolute Gasteiger partial charge is 0.384 e. The van der Waals surface area contributed by atoms with E-state index in [1.54, 1.807) is 12.1 Å². The second kappa shape index (κ2) is 5.62. The predicted molar refractivity (Wildman–Crippen MR) is 104 cm³/mol. The van der Waals surface area contributed by atoms with Crippen molar-refractivity contribution in [3.8, 4) is 0 Å². The first-order valence-corrected chi connectivity index (χ1v) is 9.34. The quantitative estimate of drug-likeness (QED) is 0.585. The number of fused-ring (bicyclic) bond motifs is 3. The molecule has 0 fully saturated rings. The van der Waals surface area contributed by atoms with Crippen LogP contribution < -0.4 is 0 Å². The molecule has 1 aliphatic carbocycles. The summed E-state index contributed by atoms with van der Waals surface area (Å²) in [5.74, 6) is -0.243. The third-order valence-corrected chi connectivity index (χ3v) is 5.66. The molecule has 5 rings (SSSR count). The average Bonchev–Trinajstić information content (AvgIpc) is 3.04. The Morgan fingerprint density at radius 2 is 1.78 bits per heavy atom. The first-order chi connectivity index (χ1) is 12.9. The van der Waals surface area contributed by atoms with Gasteiger partial charge in [-0.1, -0.05) is 49.3 Å². The Balaban J connectivity index is 1.61. The van der Waals surface area contributed by atoms with Gasteiger partial charge in [-0.05, 0) is 41.7 Å². The SMILES string of the molecule is CC1(C)Cc2nc3ccccc3cc2[C@@]2(CC(c3ccc(F)cc3)=NO2)C1. The molecule has 1 atom stereocenters. The monoisotopic (exact) mass is 360 g/mol. The van der Waals surface area contributed by atoms with Crippen LogP contribution in [0.4, 0.5) is 4.39 Å². The number of hydrogen-bond acceptors (Lipinski definition) is 3. The van der Waals surface area contributed by atoms with Crippen LogP contribution in [0, 0.1) is 11.2 Å². The minimum absolute atomic E-state index is 0.0657. The van der Waals surface area contributed by atoms with Crippen molar-refractivity contribution in [1.29, 1.82) is 0 Å². The maximum Gasteiger partial charge on any atom is 0.170 e. The van der Waals surface area contributed by atoms with Crippen LogP contribution in [0.1, 0.15) is 43.5 Å². The zero-order chi connectivity index (χ0) is 18.6. The fourth-order valence-corrected chi connectivity index (χ4v) is 4.58. The zero-order valence-corrected chi connectivity index (χ0v) is 15.5. The van der Waals surface area contributed by atoms with Crippen molar-refractivity contribution in [2.24, 2.45) is 10.6 Å². The lowest BCUT2D eigenvalue weighted by Crippen LogP contribution is -2.40. The van der Waals surface area contributed by atoms with Gasteiger partial charge in [0.25, 0.3) is 0 Å². The minimum Gasteiger partial charge on any atom is -0.384 e. The van der Waals surface area contributed by atoms with E-state index < -0.39 is 5.60 Å². The van der Waals surface area contributed by atoms with Crippen molar-refractivity contribution >= 4 is 16.6 Å². The number of aromatic nitrogens is 1. The number of nitrogens with zero attached hydrogens (tertiary/aromatic N) is 2. The molecule has 0 unspecified atom stereocenters. The summed E-state index contributed by atoms with van der Waals surface area (Å²) in [6, 6.07) is 16.9. The first kappa shape index (κ1) is 16.4. The van der Waals surface area contributed by atoms with Gasteiger partial charge in [-0.3, -0.25) is 4.98 Å². The van der Waals surface area contributed by atoms with Gasteiger partial charge in [-0.2, -0.15) is 0 Å². The molecule has 3 aromatic rings. The fraction of sp³-hybridized carbons (Fsp3) is 0.304. The third-order valence-electron chi connectivity index (χ3n) is 5.66. The average molecular weight is 360 g/mol. The standard InChI is InChI=1S/C23H21FN2O/c1-22(2)12-21-18(11-16-5-3-4-6-19(16)25-21)23(14-22)13-20(26-27-23)15-7-9-17(24)10-8-15/h3-11H,12-14H2,1-2H3/t23-/m1/s1. The Morgan fingerprint density at radius 3 is 2.59 bits per heavy atom. The molecule has 0 saturated heterocycles. The van der Waals surface area contributed by atoms with Crippen LogP contribution in [0.25, 0.3) is 10.9 Å². The Bertz CT molecular complexity index is 1070. The van der Waals surface area contributed by atoms with E-state index in [4.69, 9.17) is 9.82 Å². The molecule has 2 aliphatic rings. The summed E-state index contributed by atoms with van der Waals surface area (Å²) in [5, 5.41) is 5.54. The maximum absolute atomic E-state index is 13.3. The minimum atomic E-state index is -0.502. The number of halogens is 1. The molecule has 4 heteroatoms. The number of rotatable bonds is 1. The second-order valence-corrected chi connectivity index (χ2v) is 8.50. The van der Waals surface area contributed by atoms with Gasteiger partial charge in [0, 0.05) is 29.5 Å². The van der Waals surface area contributed by atoms with E-state index in [1.807, 2.05) is 12.1 Å². The molecular weight excluding hydrogens is 339 g/mol. The molecule has 2 aromatic carbocycles. The Kier molecular flexibility index (Phi) is 3.42. The topological polar surface area (TPSA) is 34.5 Å². The Morgan fingerprint density at radius 1 is 1.00 bits per heavy atom. The highest BCUT2D eigenvalue weighted by Crippen LogP contribution is 2.51. The van der Waals surface area contributed by atoms with Crippen molar-refractivity contribution in [2.45, 2.75) is 38.7 Å². The van der Waals surface area contributed by atoms with E-state index in [-0.39, 0.29) is 11.2 Å². The Hall–Kier alpha value is -2.75. The molecule has 27 heavy (non-hydrogen) atoms. The molecule has 136 valence electrons. The summed E-state index contributed by atoms with van der Waals surface area (Å²) in [6.45, 7) is 4.52. The Labute approximate surface area is 157 Å². The van der Waals surface area contributed by atoms with Crippen LogP contribution in [0.5, 0.6) is 0 Å². The molecule has 2 heterocycles. The second-order valence-electron chi connectivity index (χ2n) is 8.50. The number of para-hydroxylation sites is 1. The van der Waals surface area contributed by atoms with Crippen molar-refractivity contribution in [1.82, 2.24) is 4.98 Å². The van der Waals surface area contributed by atoms with Crippen LogP contribution in [0.15, 0.2) is 59.8 Å². The van der Waals surface area contributed by atoms with E-state index in [0.29, 0.717) is 6.42 Å². The van der Waals surface area contributed by atoms with Crippen molar-refractivity contribution < 1.29 is 9.23 Å². The van der Waals surface area contributed by atoms with Crippen LogP contribution in [0.3, 0.4) is 0 Å². The van der Waals surface area contributed by atoms with E-state index >= 15 is 0 Å². The molecular formula is C23H21FN2O. The first-order valence-electron chi connectivity index (χ1n) is 9.34. The smallest absolute Gasteiger partial charge is 0.170 e. The molecule has 1 spiro atoms. The van der Waals surface area contributed by atoms with Gasteiger partial charge in [0.2, 0.25) is 0 Å². The third kappa shape index (κ3) is 2.71. The number of hydrogen-bond donors (Lipinski definition) is 0.